The lowest BCUT2D eigenvalue weighted by molar-refractivity contribution is 0.172. The summed E-state index contributed by atoms with van der Waals surface area (Å²) in [6.45, 7) is 19.6. The number of hydrogen-bond acceptors (Lipinski definition) is 4. The average molecular weight is 769 g/mol. The monoisotopic (exact) mass is 768 g/mol. The van der Waals surface area contributed by atoms with Crippen LogP contribution in [0.15, 0.2) is 130 Å². The summed E-state index contributed by atoms with van der Waals surface area (Å²) < 4.78 is 12.7. The number of allylic oxidation sites excluding steroid dienone is 1. The third kappa shape index (κ3) is 5.88. The lowest BCUT2D eigenvalue weighted by atomic mass is 9.86. The summed E-state index contributed by atoms with van der Waals surface area (Å²) in [5.74, 6) is 2.03. The van der Waals surface area contributed by atoms with Gasteiger partial charge in [0.05, 0.1) is 28.4 Å². The molecule has 4 aliphatic rings. The molecule has 4 nitrogen and oxygen atoms in total. The van der Waals surface area contributed by atoms with E-state index in [9.17, 15) is 0 Å². The molecule has 57 heavy (non-hydrogen) atoms. The van der Waals surface area contributed by atoms with E-state index in [2.05, 4.69) is 187 Å². The number of anilines is 6. The number of thiol groups is 1. The van der Waals surface area contributed by atoms with Crippen molar-refractivity contribution < 1.29 is 9.47 Å². The van der Waals surface area contributed by atoms with Gasteiger partial charge in [0.2, 0.25) is 0 Å². The second-order valence-electron chi connectivity index (χ2n) is 18.3. The van der Waals surface area contributed by atoms with E-state index in [0.717, 1.165) is 34.7 Å². The van der Waals surface area contributed by atoms with Gasteiger partial charge in [-0.25, -0.2) is 0 Å². The van der Waals surface area contributed by atoms with Crippen molar-refractivity contribution in [1.29, 1.82) is 0 Å². The summed E-state index contributed by atoms with van der Waals surface area (Å²) in [5.41, 5.74) is 16.4. The van der Waals surface area contributed by atoms with Crippen molar-refractivity contribution >= 4 is 51.1 Å². The van der Waals surface area contributed by atoms with E-state index in [1.165, 1.54) is 70.9 Å². The standard InChI is InChI=1S/C52H52N2O2S/c1-32-14-15-35-16-23-47-49(40(35)26-32)54(42-31-46-45(55-24-25-56-46)30-39(42)34-12-10-9-11-13-34)44-28-33(2)27-43-50(44)57(47)48-29-37(52(6,7)8)19-22-41(48)53(43)38-20-17-36(18-21-38)51(3,4)5/h9-23,27-32,57H,24-26H2,1-8H3. The Balaban J connectivity index is 1.32. The van der Waals surface area contributed by atoms with Crippen LogP contribution in [0.2, 0.25) is 0 Å². The predicted molar refractivity (Wildman–Crippen MR) is 240 cm³/mol. The third-order valence-corrected chi connectivity index (χ3v) is 14.7. The van der Waals surface area contributed by atoms with Crippen molar-refractivity contribution in [2.24, 2.45) is 5.92 Å². The highest BCUT2D eigenvalue weighted by molar-refractivity contribution is 8.17. The normalized spacial score (nSPS) is 18.4. The van der Waals surface area contributed by atoms with Crippen molar-refractivity contribution in [3.63, 3.8) is 0 Å². The van der Waals surface area contributed by atoms with Crippen LogP contribution in [0.25, 0.3) is 17.2 Å². The minimum atomic E-state index is -0.952. The first-order valence-electron chi connectivity index (χ1n) is 20.5. The van der Waals surface area contributed by atoms with E-state index in [4.69, 9.17) is 9.47 Å². The Hall–Kier alpha value is -5.39. The number of benzene rings is 6. The quantitative estimate of drug-likeness (QED) is 0.181. The van der Waals surface area contributed by atoms with Crippen LogP contribution in [0.4, 0.5) is 34.1 Å². The predicted octanol–water partition coefficient (Wildman–Crippen LogP) is 14.3. The molecule has 10 rings (SSSR count). The van der Waals surface area contributed by atoms with E-state index in [1.54, 1.807) is 0 Å². The van der Waals surface area contributed by atoms with Crippen LogP contribution >= 0.6 is 10.9 Å². The zero-order valence-electron chi connectivity index (χ0n) is 34.4. The van der Waals surface area contributed by atoms with Gasteiger partial charge >= 0.3 is 0 Å². The lowest BCUT2D eigenvalue weighted by Gasteiger charge is -2.48. The first kappa shape index (κ1) is 36.0. The third-order valence-electron chi connectivity index (χ3n) is 12.1. The topological polar surface area (TPSA) is 24.9 Å². The van der Waals surface area contributed by atoms with Gasteiger partial charge in [-0.05, 0) is 112 Å². The second kappa shape index (κ2) is 13.1. The molecule has 6 aromatic carbocycles. The molecule has 6 aromatic rings. The minimum absolute atomic E-state index is 0.00352. The Morgan fingerprint density at radius 1 is 0.632 bits per heavy atom. The molecule has 0 amide bonds. The SMILES string of the molecule is Cc1cc2c3c(c1)N(c1cc4c(cc1-c1ccccc1)OCCO4)c1c(ccc4c1CC(C)C=C4)[SH]3c1cc(C(C)(C)C)ccc1N2c1ccc(C(C)(C)C)cc1. The van der Waals surface area contributed by atoms with Crippen molar-refractivity contribution in [2.45, 2.75) is 87.3 Å². The Morgan fingerprint density at radius 3 is 2.00 bits per heavy atom. The highest BCUT2D eigenvalue weighted by Crippen LogP contribution is 2.72. The zero-order valence-corrected chi connectivity index (χ0v) is 35.3. The van der Waals surface area contributed by atoms with Crippen molar-refractivity contribution in [3.05, 3.63) is 143 Å². The second-order valence-corrected chi connectivity index (χ2v) is 20.4. The molecular weight excluding hydrogens is 717 g/mol. The maximum absolute atomic E-state index is 6.39. The number of fused-ring (bicyclic) bond motifs is 7. The molecule has 0 radical (unpaired) electrons. The van der Waals surface area contributed by atoms with Gasteiger partial charge in [0.1, 0.15) is 13.2 Å². The zero-order chi connectivity index (χ0) is 39.4. The average Bonchev–Trinajstić information content (AvgIpc) is 3.19. The Kier molecular flexibility index (Phi) is 8.25. The van der Waals surface area contributed by atoms with Gasteiger partial charge in [0, 0.05) is 32.0 Å². The van der Waals surface area contributed by atoms with Crippen LogP contribution in [0.1, 0.15) is 76.3 Å². The van der Waals surface area contributed by atoms with E-state index < -0.39 is 10.9 Å². The molecule has 2 atom stereocenters. The van der Waals surface area contributed by atoms with Crippen molar-refractivity contribution in [3.8, 4) is 22.6 Å². The van der Waals surface area contributed by atoms with E-state index in [1.807, 2.05) is 0 Å². The fourth-order valence-corrected chi connectivity index (χ4v) is 12.0. The first-order chi connectivity index (χ1) is 27.3. The minimum Gasteiger partial charge on any atom is -0.486 e. The number of hydrogen-bond donors (Lipinski definition) is 1. The molecule has 0 N–H and O–H groups in total. The summed E-state index contributed by atoms with van der Waals surface area (Å²) in [5, 5.41) is 0. The van der Waals surface area contributed by atoms with E-state index >= 15 is 0 Å². The van der Waals surface area contributed by atoms with Gasteiger partial charge in [-0.15, -0.1) is 0 Å². The first-order valence-corrected chi connectivity index (χ1v) is 21.8. The Bertz CT molecular complexity index is 2610. The summed E-state index contributed by atoms with van der Waals surface area (Å²) in [6.07, 6.45) is 5.70. The summed E-state index contributed by atoms with van der Waals surface area (Å²) in [6, 6.07) is 41.6. The maximum atomic E-state index is 6.39. The molecule has 1 aliphatic carbocycles. The molecular formula is C52H52N2O2S. The largest absolute Gasteiger partial charge is 0.486 e. The molecule has 0 aromatic heterocycles. The molecule has 2 unspecified atom stereocenters. The smallest absolute Gasteiger partial charge is 0.163 e. The molecule has 5 heteroatoms. The van der Waals surface area contributed by atoms with Gasteiger partial charge in [-0.3, -0.25) is 0 Å². The fourth-order valence-electron chi connectivity index (χ4n) is 9.14. The van der Waals surface area contributed by atoms with Crippen LogP contribution in [-0.4, -0.2) is 13.2 Å². The van der Waals surface area contributed by atoms with E-state index in [0.29, 0.717) is 19.1 Å². The Morgan fingerprint density at radius 2 is 1.30 bits per heavy atom. The number of aryl methyl sites for hydroxylation is 1. The number of nitrogens with zero attached hydrogens (tertiary/aromatic N) is 2. The van der Waals surface area contributed by atoms with Gasteiger partial charge in [-0.2, -0.15) is 10.9 Å². The van der Waals surface area contributed by atoms with Crippen LogP contribution in [0.5, 0.6) is 11.5 Å². The van der Waals surface area contributed by atoms with Crippen LogP contribution in [0.3, 0.4) is 0 Å². The molecule has 0 fully saturated rings. The van der Waals surface area contributed by atoms with Gasteiger partial charge in [0.15, 0.2) is 11.5 Å². The van der Waals surface area contributed by atoms with Crippen LogP contribution in [0, 0.1) is 12.8 Å². The highest BCUT2D eigenvalue weighted by Gasteiger charge is 2.42. The van der Waals surface area contributed by atoms with E-state index in [-0.39, 0.29) is 10.8 Å². The molecule has 0 spiro atoms. The molecule has 288 valence electrons. The molecule has 0 saturated heterocycles. The number of ether oxygens (including phenoxy) is 2. The van der Waals surface area contributed by atoms with Crippen molar-refractivity contribution in [1.82, 2.24) is 0 Å². The maximum Gasteiger partial charge on any atom is 0.163 e. The van der Waals surface area contributed by atoms with Gasteiger partial charge in [-0.1, -0.05) is 115 Å². The van der Waals surface area contributed by atoms with Crippen LogP contribution < -0.4 is 19.3 Å². The fraction of sp³-hybridized carbons (Fsp3) is 0.269. The summed E-state index contributed by atoms with van der Waals surface area (Å²) in [4.78, 5) is 9.39. The molecule has 0 saturated carbocycles. The summed E-state index contributed by atoms with van der Waals surface area (Å²) in [7, 11) is -0.952. The van der Waals surface area contributed by atoms with Gasteiger partial charge < -0.3 is 19.3 Å². The molecule has 0 bridgehead atoms. The van der Waals surface area contributed by atoms with Crippen LogP contribution in [-0.2, 0) is 17.3 Å². The molecule has 3 aliphatic heterocycles. The Labute approximate surface area is 341 Å². The summed E-state index contributed by atoms with van der Waals surface area (Å²) >= 11 is 0. The molecule has 3 heterocycles. The number of rotatable bonds is 3. The highest BCUT2D eigenvalue weighted by atomic mass is 32.2. The van der Waals surface area contributed by atoms with Crippen molar-refractivity contribution in [2.75, 3.05) is 23.0 Å². The lowest BCUT2D eigenvalue weighted by Crippen LogP contribution is -2.26. The van der Waals surface area contributed by atoms with Gasteiger partial charge in [0.25, 0.3) is 0 Å².